The molecular weight excluding hydrogens is 465 g/mol. The quantitative estimate of drug-likeness (QED) is 0.333. The first-order valence-electron chi connectivity index (χ1n) is 9.97. The molecule has 4 aromatic rings. The molecule has 5 rings (SSSR count). The van der Waals surface area contributed by atoms with E-state index in [1.807, 2.05) is 5.32 Å². The van der Waals surface area contributed by atoms with Crippen LogP contribution in [-0.2, 0) is 5.72 Å². The third kappa shape index (κ3) is 3.12. The molecule has 0 aliphatic carbocycles. The van der Waals surface area contributed by atoms with Crippen LogP contribution in [0.1, 0.15) is 27.0 Å². The number of terminal acetylenes is 1. The van der Waals surface area contributed by atoms with Gasteiger partial charge in [-0.05, 0) is 36.4 Å². The first-order chi connectivity index (χ1) is 16.7. The summed E-state index contributed by atoms with van der Waals surface area (Å²) in [6.07, 6.45) is 3.94. The van der Waals surface area contributed by atoms with Gasteiger partial charge in [0.1, 0.15) is 11.6 Å². The molecule has 1 aliphatic heterocycles. The first kappa shape index (κ1) is 22.0. The summed E-state index contributed by atoms with van der Waals surface area (Å²) in [5, 5.41) is 22.9. The molecule has 0 saturated heterocycles. The number of aromatic amines is 1. The molecule has 1 atom stereocenters. The predicted molar refractivity (Wildman–Crippen MR) is 118 cm³/mol. The number of H-pyrrole nitrogens is 1. The maximum Gasteiger partial charge on any atom is 0.411 e. The van der Waals surface area contributed by atoms with Crippen molar-refractivity contribution >= 4 is 34.7 Å². The van der Waals surface area contributed by atoms with E-state index in [2.05, 4.69) is 15.9 Å². The molecule has 2 amide bonds. The standard InChI is InChI=1S/C24H13F3N4O4/c1-2-11-4-3-5-17(20(11)27)31-21(32)18-13(25)7-8-14(26)19(18)24(31,35)12-6-9-15-16(10-12)29-22(28-15)30-23(33)34/h1,3-10,35H,(H,33,34)(H2,28,29,30). The highest BCUT2D eigenvalue weighted by Gasteiger charge is 2.54. The lowest BCUT2D eigenvalue weighted by atomic mass is 9.92. The van der Waals surface area contributed by atoms with Gasteiger partial charge in [0, 0.05) is 5.56 Å². The number of carbonyl (C=O) groups is 2. The van der Waals surface area contributed by atoms with Gasteiger partial charge in [0.05, 0.1) is 33.4 Å². The molecule has 1 aromatic heterocycles. The maximum atomic E-state index is 15.2. The highest BCUT2D eigenvalue weighted by molar-refractivity contribution is 6.13. The molecule has 0 fully saturated rings. The molecule has 35 heavy (non-hydrogen) atoms. The number of hydrogen-bond acceptors (Lipinski definition) is 4. The van der Waals surface area contributed by atoms with Gasteiger partial charge in [0.25, 0.3) is 5.91 Å². The van der Waals surface area contributed by atoms with Crippen molar-refractivity contribution in [2.75, 3.05) is 10.2 Å². The Hall–Kier alpha value is -4.82. The Bertz CT molecular complexity index is 1610. The number of aliphatic hydroxyl groups is 1. The summed E-state index contributed by atoms with van der Waals surface area (Å²) < 4.78 is 45.1. The average Bonchev–Trinajstić information content (AvgIpc) is 3.32. The van der Waals surface area contributed by atoms with Gasteiger partial charge in [0.15, 0.2) is 5.82 Å². The lowest BCUT2D eigenvalue weighted by Crippen LogP contribution is -2.46. The van der Waals surface area contributed by atoms with Crippen LogP contribution in [0.25, 0.3) is 11.0 Å². The van der Waals surface area contributed by atoms with Crippen LogP contribution >= 0.6 is 0 Å². The van der Waals surface area contributed by atoms with E-state index in [1.165, 1.54) is 30.3 Å². The lowest BCUT2D eigenvalue weighted by Gasteiger charge is -2.35. The van der Waals surface area contributed by atoms with Gasteiger partial charge in [-0.1, -0.05) is 18.1 Å². The second-order valence-corrected chi connectivity index (χ2v) is 7.62. The van der Waals surface area contributed by atoms with Crippen molar-refractivity contribution in [1.29, 1.82) is 0 Å². The maximum absolute atomic E-state index is 15.2. The van der Waals surface area contributed by atoms with Gasteiger partial charge in [0.2, 0.25) is 11.7 Å². The van der Waals surface area contributed by atoms with E-state index in [0.717, 1.165) is 18.2 Å². The van der Waals surface area contributed by atoms with Gasteiger partial charge < -0.3 is 15.2 Å². The van der Waals surface area contributed by atoms with Crippen molar-refractivity contribution in [3.8, 4) is 12.3 Å². The predicted octanol–water partition coefficient (Wildman–Crippen LogP) is 3.91. The zero-order chi connectivity index (χ0) is 25.1. The number of hydrogen-bond donors (Lipinski definition) is 4. The fourth-order valence-corrected chi connectivity index (χ4v) is 4.22. The molecule has 8 nitrogen and oxygen atoms in total. The molecule has 11 heteroatoms. The Kier molecular flexibility index (Phi) is 4.78. The third-order valence-electron chi connectivity index (χ3n) is 5.68. The number of aromatic nitrogens is 2. The monoisotopic (exact) mass is 478 g/mol. The summed E-state index contributed by atoms with van der Waals surface area (Å²) in [6.45, 7) is 0. The molecule has 4 N–H and O–H groups in total. The van der Waals surface area contributed by atoms with E-state index >= 15 is 8.78 Å². The van der Waals surface area contributed by atoms with Crippen molar-refractivity contribution in [2.24, 2.45) is 0 Å². The van der Waals surface area contributed by atoms with E-state index in [9.17, 15) is 19.1 Å². The molecule has 0 radical (unpaired) electrons. The average molecular weight is 478 g/mol. The summed E-state index contributed by atoms with van der Waals surface area (Å²) in [4.78, 5) is 31.5. The van der Waals surface area contributed by atoms with Crippen LogP contribution in [-0.4, -0.2) is 32.2 Å². The van der Waals surface area contributed by atoms with E-state index in [1.54, 1.807) is 0 Å². The summed E-state index contributed by atoms with van der Waals surface area (Å²) in [5.74, 6) is -2.48. The Morgan fingerprint density at radius 1 is 1.14 bits per heavy atom. The van der Waals surface area contributed by atoms with Crippen LogP contribution in [0, 0.1) is 29.8 Å². The Labute approximate surface area is 194 Å². The minimum absolute atomic E-state index is 0.138. The number of amides is 2. The summed E-state index contributed by atoms with van der Waals surface area (Å²) >= 11 is 0. The number of anilines is 2. The molecule has 1 aliphatic rings. The zero-order valence-corrected chi connectivity index (χ0v) is 17.4. The van der Waals surface area contributed by atoms with Crippen LogP contribution in [0.2, 0.25) is 0 Å². The van der Waals surface area contributed by atoms with Crippen molar-refractivity contribution in [1.82, 2.24) is 9.97 Å². The number of benzene rings is 3. The second-order valence-electron chi connectivity index (χ2n) is 7.62. The van der Waals surface area contributed by atoms with Crippen molar-refractivity contribution in [3.63, 3.8) is 0 Å². The molecule has 0 saturated carbocycles. The highest BCUT2D eigenvalue weighted by Crippen LogP contribution is 2.48. The molecule has 174 valence electrons. The SMILES string of the molecule is C#Cc1cccc(N2C(=O)c3c(F)ccc(F)c3C2(O)c2ccc3nc(NC(=O)O)[nH]c3c2)c1F. The van der Waals surface area contributed by atoms with Gasteiger partial charge in [-0.3, -0.25) is 15.0 Å². The number of nitrogens with zero attached hydrogens (tertiary/aromatic N) is 2. The number of imidazole rings is 1. The molecule has 2 heterocycles. The third-order valence-corrected chi connectivity index (χ3v) is 5.68. The van der Waals surface area contributed by atoms with Gasteiger partial charge in [-0.15, -0.1) is 6.42 Å². The van der Waals surface area contributed by atoms with Gasteiger partial charge in [-0.2, -0.15) is 0 Å². The van der Waals surface area contributed by atoms with Crippen molar-refractivity contribution in [3.05, 3.63) is 88.2 Å². The van der Waals surface area contributed by atoms with Gasteiger partial charge in [-0.25, -0.2) is 22.9 Å². The van der Waals surface area contributed by atoms with Crippen LogP contribution in [0.15, 0.2) is 48.5 Å². The number of nitrogens with one attached hydrogen (secondary N) is 2. The topological polar surface area (TPSA) is 119 Å². The van der Waals surface area contributed by atoms with Crippen LogP contribution in [0.4, 0.5) is 29.6 Å². The first-order valence-corrected chi connectivity index (χ1v) is 9.97. The number of rotatable bonds is 3. The van der Waals surface area contributed by atoms with E-state index < -0.39 is 52.0 Å². The number of carboxylic acid groups (broad SMARTS) is 1. The molecular formula is C24H13F3N4O4. The largest absolute Gasteiger partial charge is 0.465 e. The number of halogens is 3. The number of carbonyl (C=O) groups excluding carboxylic acids is 1. The second kappa shape index (κ2) is 7.61. The fraction of sp³-hybridized carbons (Fsp3) is 0.0417. The highest BCUT2D eigenvalue weighted by atomic mass is 19.1. The van der Waals surface area contributed by atoms with Crippen LogP contribution in [0.5, 0.6) is 0 Å². The minimum Gasteiger partial charge on any atom is -0.465 e. The van der Waals surface area contributed by atoms with Crippen LogP contribution < -0.4 is 10.2 Å². The summed E-state index contributed by atoms with van der Waals surface area (Å²) in [5.41, 5.74) is -4.62. The minimum atomic E-state index is -2.70. The van der Waals surface area contributed by atoms with Crippen molar-refractivity contribution in [2.45, 2.75) is 5.72 Å². The smallest absolute Gasteiger partial charge is 0.411 e. The molecule has 1 unspecified atom stereocenters. The van der Waals surface area contributed by atoms with E-state index in [0.29, 0.717) is 4.90 Å². The Morgan fingerprint density at radius 2 is 1.89 bits per heavy atom. The summed E-state index contributed by atoms with van der Waals surface area (Å²) in [6, 6.07) is 9.11. The Balaban J connectivity index is 1.80. The number of fused-ring (bicyclic) bond motifs is 2. The molecule has 0 spiro atoms. The fourth-order valence-electron chi connectivity index (χ4n) is 4.22. The Morgan fingerprint density at radius 3 is 2.60 bits per heavy atom. The normalized spacial score (nSPS) is 16.9. The summed E-state index contributed by atoms with van der Waals surface area (Å²) in [7, 11) is 0. The zero-order valence-electron chi connectivity index (χ0n) is 17.4. The molecule has 0 bridgehead atoms. The van der Waals surface area contributed by atoms with E-state index in [-0.39, 0.29) is 28.1 Å². The van der Waals surface area contributed by atoms with Crippen molar-refractivity contribution < 1.29 is 33.0 Å². The van der Waals surface area contributed by atoms with E-state index in [4.69, 9.17) is 11.5 Å². The van der Waals surface area contributed by atoms with Crippen LogP contribution in [0.3, 0.4) is 0 Å². The molecule has 3 aromatic carbocycles. The van der Waals surface area contributed by atoms with Gasteiger partial charge >= 0.3 is 6.09 Å². The lowest BCUT2D eigenvalue weighted by molar-refractivity contribution is 0.0681.